The lowest BCUT2D eigenvalue weighted by Gasteiger charge is -2.39. The summed E-state index contributed by atoms with van der Waals surface area (Å²) in [6, 6.07) is 1.37. The minimum absolute atomic E-state index is 0.0167. The highest BCUT2D eigenvalue weighted by Gasteiger charge is 2.48. The van der Waals surface area contributed by atoms with Gasteiger partial charge in [-0.25, -0.2) is 0 Å². The van der Waals surface area contributed by atoms with Crippen molar-refractivity contribution < 1.29 is 14.7 Å². The van der Waals surface area contributed by atoms with Crippen LogP contribution < -0.4 is 0 Å². The quantitative estimate of drug-likeness (QED) is 0.895. The Balaban J connectivity index is 1.65. The Morgan fingerprint density at radius 1 is 1.38 bits per heavy atom. The Hall–Kier alpha value is -1.89. The number of aryl methyl sites for hydroxylation is 1. The molecule has 2 saturated heterocycles. The van der Waals surface area contributed by atoms with Crippen LogP contribution in [0.4, 0.5) is 0 Å². The molecular weight excluding hydrogens is 308 g/mol. The lowest BCUT2D eigenvalue weighted by molar-refractivity contribution is -0.142. The van der Waals surface area contributed by atoms with Crippen LogP contribution in [0.2, 0.25) is 0 Å². The Kier molecular flexibility index (Phi) is 4.62. The maximum Gasteiger partial charge on any atom is 0.320 e. The molecule has 0 saturated carbocycles. The van der Waals surface area contributed by atoms with E-state index in [0.717, 1.165) is 32.4 Å². The summed E-state index contributed by atoms with van der Waals surface area (Å²) in [7, 11) is 1.77. The third kappa shape index (κ3) is 3.05. The zero-order valence-electron chi connectivity index (χ0n) is 14.4. The second-order valence-electron chi connectivity index (χ2n) is 7.16. The number of carboxylic acid groups (broad SMARTS) is 1. The van der Waals surface area contributed by atoms with E-state index in [0.29, 0.717) is 25.2 Å². The largest absolute Gasteiger partial charge is 0.480 e. The number of aliphatic carboxylic acids is 1. The van der Waals surface area contributed by atoms with Crippen LogP contribution in [0.3, 0.4) is 0 Å². The maximum absolute atomic E-state index is 12.6. The van der Waals surface area contributed by atoms with Crippen LogP contribution in [0.25, 0.3) is 0 Å². The van der Waals surface area contributed by atoms with Crippen molar-refractivity contribution in [2.24, 2.45) is 12.5 Å². The molecule has 2 aliphatic rings. The van der Waals surface area contributed by atoms with Crippen LogP contribution in [-0.4, -0.2) is 68.8 Å². The fourth-order valence-corrected chi connectivity index (χ4v) is 4.20. The first-order chi connectivity index (χ1) is 11.5. The lowest BCUT2D eigenvalue weighted by atomic mass is 9.76. The van der Waals surface area contributed by atoms with E-state index in [1.54, 1.807) is 24.0 Å². The number of hydrogen-bond acceptors (Lipinski definition) is 4. The first-order valence-electron chi connectivity index (χ1n) is 8.70. The summed E-state index contributed by atoms with van der Waals surface area (Å²) in [5.74, 6) is -0.697. The molecule has 2 fully saturated rings. The van der Waals surface area contributed by atoms with Gasteiger partial charge in [-0.1, -0.05) is 6.92 Å². The topological polar surface area (TPSA) is 78.7 Å². The molecule has 2 aliphatic heterocycles. The van der Waals surface area contributed by atoms with Gasteiger partial charge in [0.1, 0.15) is 11.7 Å². The van der Waals surface area contributed by atoms with Crippen molar-refractivity contribution in [1.29, 1.82) is 0 Å². The summed E-state index contributed by atoms with van der Waals surface area (Å²) >= 11 is 0. The Bertz CT molecular complexity index is 619. The Morgan fingerprint density at radius 2 is 2.08 bits per heavy atom. The van der Waals surface area contributed by atoms with Gasteiger partial charge in [0.25, 0.3) is 5.91 Å². The smallest absolute Gasteiger partial charge is 0.320 e. The number of nitrogens with zero attached hydrogens (tertiary/aromatic N) is 4. The van der Waals surface area contributed by atoms with E-state index < -0.39 is 5.97 Å². The molecule has 0 radical (unpaired) electrons. The molecule has 0 unspecified atom stereocenters. The van der Waals surface area contributed by atoms with E-state index in [1.165, 1.54) is 0 Å². The molecule has 1 atom stereocenters. The number of aromatic nitrogens is 2. The molecule has 7 nitrogen and oxygen atoms in total. The third-order valence-corrected chi connectivity index (χ3v) is 5.55. The van der Waals surface area contributed by atoms with Crippen molar-refractivity contribution in [2.75, 3.05) is 26.2 Å². The first-order valence-corrected chi connectivity index (χ1v) is 8.70. The number of carbonyl (C=O) groups excluding carboxylic acids is 1. The van der Waals surface area contributed by atoms with Crippen LogP contribution >= 0.6 is 0 Å². The van der Waals surface area contributed by atoms with Crippen LogP contribution in [-0.2, 0) is 11.8 Å². The predicted molar refractivity (Wildman–Crippen MR) is 88.7 cm³/mol. The molecule has 24 heavy (non-hydrogen) atoms. The van der Waals surface area contributed by atoms with Crippen LogP contribution in [0.15, 0.2) is 12.3 Å². The normalized spacial score (nSPS) is 23.8. The fraction of sp³-hybridized carbons (Fsp3) is 0.706. The molecule has 1 spiro atoms. The van der Waals surface area contributed by atoms with Crippen molar-refractivity contribution in [3.05, 3.63) is 18.0 Å². The van der Waals surface area contributed by atoms with Crippen molar-refractivity contribution in [1.82, 2.24) is 19.6 Å². The molecule has 0 aromatic carbocycles. The molecule has 1 N–H and O–H groups in total. The first kappa shape index (κ1) is 17.0. The molecule has 1 aromatic rings. The summed E-state index contributed by atoms with van der Waals surface area (Å²) in [6.07, 6.45) is 5.05. The van der Waals surface area contributed by atoms with E-state index in [9.17, 15) is 14.7 Å². The summed E-state index contributed by atoms with van der Waals surface area (Å²) in [4.78, 5) is 28.1. The minimum atomic E-state index is -0.714. The number of rotatable bonds is 4. The highest BCUT2D eigenvalue weighted by molar-refractivity contribution is 5.92. The van der Waals surface area contributed by atoms with Gasteiger partial charge in [0.05, 0.1) is 0 Å². The van der Waals surface area contributed by atoms with Crippen LogP contribution in [0.5, 0.6) is 0 Å². The Morgan fingerprint density at radius 3 is 2.62 bits per heavy atom. The zero-order valence-corrected chi connectivity index (χ0v) is 14.4. The number of carbonyl (C=O) groups is 2. The van der Waals surface area contributed by atoms with Gasteiger partial charge >= 0.3 is 5.97 Å². The van der Waals surface area contributed by atoms with Crippen molar-refractivity contribution in [3.63, 3.8) is 0 Å². The molecule has 0 aliphatic carbocycles. The van der Waals surface area contributed by atoms with Gasteiger partial charge in [0.2, 0.25) is 0 Å². The lowest BCUT2D eigenvalue weighted by Crippen LogP contribution is -2.44. The molecular formula is C17H26N4O3. The number of carboxylic acids is 1. The average Bonchev–Trinajstić information content (AvgIpc) is 3.12. The minimum Gasteiger partial charge on any atom is -0.480 e. The van der Waals surface area contributed by atoms with Crippen molar-refractivity contribution >= 4 is 11.9 Å². The number of amides is 1. The van der Waals surface area contributed by atoms with Crippen molar-refractivity contribution in [2.45, 2.75) is 38.6 Å². The summed E-state index contributed by atoms with van der Waals surface area (Å²) in [5.41, 5.74) is 0.648. The summed E-state index contributed by atoms with van der Waals surface area (Å²) in [6.45, 7) is 5.13. The maximum atomic E-state index is 12.6. The Labute approximate surface area is 142 Å². The molecule has 0 bridgehead atoms. The van der Waals surface area contributed by atoms with Gasteiger partial charge in [-0.2, -0.15) is 5.10 Å². The molecule has 7 heteroatoms. The molecule has 1 amide bonds. The highest BCUT2D eigenvalue weighted by Crippen LogP contribution is 2.43. The number of likely N-dealkylation sites (tertiary alicyclic amines) is 2. The van der Waals surface area contributed by atoms with E-state index in [-0.39, 0.29) is 17.4 Å². The second-order valence-corrected chi connectivity index (χ2v) is 7.16. The third-order valence-electron chi connectivity index (χ3n) is 5.55. The zero-order chi connectivity index (χ0) is 17.3. The second kappa shape index (κ2) is 6.55. The van der Waals surface area contributed by atoms with Gasteiger partial charge in [-0.15, -0.1) is 0 Å². The van der Waals surface area contributed by atoms with Crippen LogP contribution in [0, 0.1) is 5.41 Å². The van der Waals surface area contributed by atoms with E-state index in [4.69, 9.17) is 0 Å². The average molecular weight is 334 g/mol. The van der Waals surface area contributed by atoms with Gasteiger partial charge in [0.15, 0.2) is 0 Å². The monoisotopic (exact) mass is 334 g/mol. The van der Waals surface area contributed by atoms with E-state index >= 15 is 0 Å². The number of piperidine rings is 1. The van der Waals surface area contributed by atoms with Gasteiger partial charge in [0, 0.05) is 32.9 Å². The standard InChI is InChI=1S/C17H26N4O3/c1-3-8-21-12-17(11-14(21)16(23)24)5-9-20(10-6-17)15(22)13-4-7-18-19(13)2/h4,7,14H,3,5-6,8-12H2,1-2H3,(H,23,24)/t14-/m1/s1. The van der Waals surface area contributed by atoms with Gasteiger partial charge in [-0.3, -0.25) is 19.2 Å². The summed E-state index contributed by atoms with van der Waals surface area (Å²) in [5, 5.41) is 13.6. The van der Waals surface area contributed by atoms with Gasteiger partial charge in [-0.05, 0) is 43.7 Å². The van der Waals surface area contributed by atoms with E-state index in [1.807, 2.05) is 4.90 Å². The summed E-state index contributed by atoms with van der Waals surface area (Å²) < 4.78 is 1.60. The predicted octanol–water partition coefficient (Wildman–Crippen LogP) is 1.21. The molecule has 1 aromatic heterocycles. The van der Waals surface area contributed by atoms with Gasteiger partial charge < -0.3 is 10.0 Å². The molecule has 3 rings (SSSR count). The van der Waals surface area contributed by atoms with Crippen molar-refractivity contribution in [3.8, 4) is 0 Å². The van der Waals surface area contributed by atoms with E-state index in [2.05, 4.69) is 16.9 Å². The fourth-order valence-electron chi connectivity index (χ4n) is 4.20. The SMILES string of the molecule is CCCN1CC2(CCN(C(=O)c3ccnn3C)CC2)C[C@@H]1C(=O)O. The molecule has 3 heterocycles. The van der Waals surface area contributed by atoms with Crippen LogP contribution in [0.1, 0.15) is 43.1 Å². The molecule has 132 valence electrons. The highest BCUT2D eigenvalue weighted by atomic mass is 16.4. The number of hydrogen-bond donors (Lipinski definition) is 1.